The molecule has 234 valence electrons. The van der Waals surface area contributed by atoms with Crippen molar-refractivity contribution in [3.8, 4) is 0 Å². The van der Waals surface area contributed by atoms with Crippen LogP contribution in [0.5, 0.6) is 0 Å². The Bertz CT molecular complexity index is 1500. The number of alkyl halides is 7. The van der Waals surface area contributed by atoms with Crippen LogP contribution in [-0.2, 0) is 36.3 Å². The number of amides is 2. The van der Waals surface area contributed by atoms with E-state index in [4.69, 9.17) is 0 Å². The molecule has 0 bridgehead atoms. The summed E-state index contributed by atoms with van der Waals surface area (Å²) in [5, 5.41) is 0. The number of sulfone groups is 1. The Kier molecular flexibility index (Phi) is 7.58. The molecule has 0 aromatic heterocycles. The number of rotatable bonds is 5. The van der Waals surface area contributed by atoms with Crippen molar-refractivity contribution in [2.45, 2.75) is 65.8 Å². The Balaban J connectivity index is 1.64. The maximum Gasteiger partial charge on any atom is 0.435 e. The molecule has 1 aliphatic carbocycles. The molecule has 6 nitrogen and oxygen atoms in total. The SMILES string of the molecule is O=CN1CCC(C(=O)N2CC[C@]3(S(=O)(=O)c4ccc(F)cc4)c4ccc(C(F)(C(F)(F)F)C(F)(F)F)cc4CC[C@H]23)CC1. The minimum Gasteiger partial charge on any atom is -0.345 e. The maximum atomic E-state index is 15.0. The molecule has 2 fully saturated rings. The summed E-state index contributed by atoms with van der Waals surface area (Å²) in [6, 6.07) is 4.22. The molecule has 5 rings (SSSR count). The highest BCUT2D eigenvalue weighted by atomic mass is 32.2. The summed E-state index contributed by atoms with van der Waals surface area (Å²) >= 11 is 0. The Hall–Kier alpha value is -3.23. The molecule has 15 heteroatoms. The molecule has 2 amide bonds. The third-order valence-electron chi connectivity index (χ3n) is 8.98. The van der Waals surface area contributed by atoms with E-state index in [1.165, 1.54) is 9.80 Å². The molecule has 2 aromatic carbocycles. The van der Waals surface area contributed by atoms with Gasteiger partial charge in [0.2, 0.25) is 12.3 Å². The van der Waals surface area contributed by atoms with Crippen LogP contribution in [0.2, 0.25) is 0 Å². The highest BCUT2D eigenvalue weighted by Gasteiger charge is 2.74. The number of hydrogen-bond acceptors (Lipinski definition) is 4. The van der Waals surface area contributed by atoms with Crippen LogP contribution in [-0.4, -0.2) is 68.6 Å². The van der Waals surface area contributed by atoms with E-state index in [1.54, 1.807) is 0 Å². The van der Waals surface area contributed by atoms with Gasteiger partial charge in [0.05, 0.1) is 10.9 Å². The van der Waals surface area contributed by atoms with Crippen LogP contribution < -0.4 is 0 Å². The Labute approximate surface area is 241 Å². The number of piperidine rings is 1. The summed E-state index contributed by atoms with van der Waals surface area (Å²) < 4.78 is 137. The summed E-state index contributed by atoms with van der Waals surface area (Å²) in [6.07, 6.45) is -12.0. The number of nitrogens with zero attached hydrogens (tertiary/aromatic N) is 2. The number of fused-ring (bicyclic) bond motifs is 3. The minimum atomic E-state index is -6.36. The summed E-state index contributed by atoms with van der Waals surface area (Å²) in [6.45, 7) is 0.538. The van der Waals surface area contributed by atoms with E-state index in [9.17, 15) is 53.1 Å². The Morgan fingerprint density at radius 2 is 1.49 bits per heavy atom. The number of benzene rings is 2. The predicted molar refractivity (Wildman–Crippen MR) is 135 cm³/mol. The fourth-order valence-electron chi connectivity index (χ4n) is 6.80. The number of hydrogen-bond donors (Lipinski definition) is 0. The van der Waals surface area contributed by atoms with Gasteiger partial charge in [0, 0.05) is 31.1 Å². The van der Waals surface area contributed by atoms with E-state index in [0.717, 1.165) is 30.3 Å². The van der Waals surface area contributed by atoms with E-state index in [1.807, 2.05) is 0 Å². The van der Waals surface area contributed by atoms with Gasteiger partial charge in [-0.05, 0) is 67.5 Å². The second-order valence-electron chi connectivity index (χ2n) is 11.1. The first-order valence-electron chi connectivity index (χ1n) is 13.5. The van der Waals surface area contributed by atoms with Gasteiger partial charge in [-0.1, -0.05) is 18.2 Å². The first kappa shape index (κ1) is 31.2. The zero-order chi connectivity index (χ0) is 31.6. The molecular formula is C28H26F8N2O4S. The summed E-state index contributed by atoms with van der Waals surface area (Å²) in [4.78, 5) is 27.3. The number of carbonyl (C=O) groups is 2. The van der Waals surface area contributed by atoms with Crippen molar-refractivity contribution in [1.82, 2.24) is 9.80 Å². The maximum absolute atomic E-state index is 15.0. The van der Waals surface area contributed by atoms with Crippen LogP contribution in [0.1, 0.15) is 42.4 Å². The van der Waals surface area contributed by atoms with Crippen molar-refractivity contribution in [3.63, 3.8) is 0 Å². The third kappa shape index (κ3) is 4.69. The lowest BCUT2D eigenvalue weighted by Crippen LogP contribution is -2.54. The van der Waals surface area contributed by atoms with Gasteiger partial charge in [0.1, 0.15) is 10.6 Å². The Morgan fingerprint density at radius 1 is 0.884 bits per heavy atom. The van der Waals surface area contributed by atoms with Crippen molar-refractivity contribution < 1.29 is 53.1 Å². The van der Waals surface area contributed by atoms with Gasteiger partial charge >= 0.3 is 18.0 Å². The van der Waals surface area contributed by atoms with Crippen molar-refractivity contribution in [3.05, 3.63) is 65.0 Å². The average molecular weight is 639 g/mol. The van der Waals surface area contributed by atoms with Crippen molar-refractivity contribution in [1.29, 1.82) is 0 Å². The molecular weight excluding hydrogens is 612 g/mol. The molecule has 43 heavy (non-hydrogen) atoms. The monoisotopic (exact) mass is 638 g/mol. The summed E-state index contributed by atoms with van der Waals surface area (Å²) in [5.74, 6) is -1.65. The zero-order valence-corrected chi connectivity index (χ0v) is 23.2. The fraction of sp³-hybridized carbons (Fsp3) is 0.500. The number of halogens is 8. The van der Waals surface area contributed by atoms with Gasteiger partial charge in [0.15, 0.2) is 9.84 Å². The van der Waals surface area contributed by atoms with E-state index in [2.05, 4.69) is 0 Å². The molecule has 3 aliphatic rings. The van der Waals surface area contributed by atoms with Crippen molar-refractivity contribution in [2.24, 2.45) is 5.92 Å². The molecule has 2 atom stereocenters. The van der Waals surface area contributed by atoms with Crippen LogP contribution >= 0.6 is 0 Å². The first-order valence-corrected chi connectivity index (χ1v) is 14.9. The second kappa shape index (κ2) is 10.4. The van der Waals surface area contributed by atoms with Gasteiger partial charge in [0.25, 0.3) is 0 Å². The molecule has 0 radical (unpaired) electrons. The molecule has 2 heterocycles. The Morgan fingerprint density at radius 3 is 2.05 bits per heavy atom. The normalized spacial score (nSPS) is 23.6. The molecule has 2 aromatic rings. The van der Waals surface area contributed by atoms with Crippen LogP contribution in [0, 0.1) is 11.7 Å². The molecule has 0 N–H and O–H groups in total. The van der Waals surface area contributed by atoms with Crippen LogP contribution in [0.25, 0.3) is 0 Å². The average Bonchev–Trinajstić information content (AvgIpc) is 3.37. The highest BCUT2D eigenvalue weighted by molar-refractivity contribution is 7.92. The smallest absolute Gasteiger partial charge is 0.345 e. The number of likely N-dealkylation sites (tertiary alicyclic amines) is 2. The van der Waals surface area contributed by atoms with Gasteiger partial charge in [-0.3, -0.25) is 9.59 Å². The highest BCUT2D eigenvalue weighted by Crippen LogP contribution is 2.57. The standard InChI is InChI=1S/C28H26F8N2O4S/c29-20-3-5-21(6-4-20)43(41,42)25-11-14-38(24(40)17-9-12-37(16-39)13-10-17)23(25)8-1-18-15-19(2-7-22(18)25)26(30,27(31,32)33)28(34,35)36/h2-7,15-17,23H,1,8-14H2/t23-,25-/m0/s1. The van der Waals surface area contributed by atoms with Crippen LogP contribution in [0.15, 0.2) is 47.4 Å². The summed E-state index contributed by atoms with van der Waals surface area (Å²) in [7, 11) is -4.56. The predicted octanol–water partition coefficient (Wildman–Crippen LogP) is 5.20. The van der Waals surface area contributed by atoms with Crippen LogP contribution in [0.4, 0.5) is 35.1 Å². The molecule has 2 aliphatic heterocycles. The van der Waals surface area contributed by atoms with Gasteiger partial charge in [-0.25, -0.2) is 17.2 Å². The van der Waals surface area contributed by atoms with E-state index in [0.29, 0.717) is 44.5 Å². The quantitative estimate of drug-likeness (QED) is 0.257. The number of aryl methyl sites for hydroxylation is 1. The summed E-state index contributed by atoms with van der Waals surface area (Å²) in [5.41, 5.74) is -7.78. The zero-order valence-electron chi connectivity index (χ0n) is 22.4. The largest absolute Gasteiger partial charge is 0.435 e. The molecule has 2 saturated heterocycles. The lowest BCUT2D eigenvalue weighted by molar-refractivity contribution is -0.348. The topological polar surface area (TPSA) is 74.8 Å². The lowest BCUT2D eigenvalue weighted by Gasteiger charge is -2.44. The fourth-order valence-corrected chi connectivity index (χ4v) is 9.17. The molecule has 0 spiro atoms. The minimum absolute atomic E-state index is 0.0861. The number of carbonyl (C=O) groups excluding carboxylic acids is 2. The van der Waals surface area contributed by atoms with Crippen molar-refractivity contribution >= 4 is 22.2 Å². The van der Waals surface area contributed by atoms with E-state index in [-0.39, 0.29) is 47.7 Å². The van der Waals surface area contributed by atoms with Crippen LogP contribution in [0.3, 0.4) is 0 Å². The molecule has 0 unspecified atom stereocenters. The van der Waals surface area contributed by atoms with E-state index < -0.39 is 55.9 Å². The van der Waals surface area contributed by atoms with Crippen molar-refractivity contribution in [2.75, 3.05) is 19.6 Å². The van der Waals surface area contributed by atoms with Gasteiger partial charge in [-0.2, -0.15) is 26.3 Å². The third-order valence-corrected chi connectivity index (χ3v) is 11.5. The van der Waals surface area contributed by atoms with Gasteiger partial charge in [-0.15, -0.1) is 0 Å². The molecule has 0 saturated carbocycles. The van der Waals surface area contributed by atoms with Gasteiger partial charge < -0.3 is 9.80 Å². The lowest BCUT2D eigenvalue weighted by atomic mass is 9.76. The first-order chi connectivity index (χ1) is 20.0. The van der Waals surface area contributed by atoms with E-state index >= 15 is 0 Å². The second-order valence-corrected chi connectivity index (χ2v) is 13.3.